The molecule has 4 nitrogen and oxygen atoms in total. The summed E-state index contributed by atoms with van der Waals surface area (Å²) in [5, 5.41) is 3.15. The van der Waals surface area contributed by atoms with Crippen molar-refractivity contribution < 1.29 is 9.53 Å². The van der Waals surface area contributed by atoms with Crippen molar-refractivity contribution >= 4 is 11.6 Å². The molecule has 2 rings (SSSR count). The van der Waals surface area contributed by atoms with E-state index in [1.54, 1.807) is 0 Å². The molecule has 1 saturated heterocycles. The zero-order valence-electron chi connectivity index (χ0n) is 10.8. The predicted molar refractivity (Wildman–Crippen MR) is 72.1 cm³/mol. The van der Waals surface area contributed by atoms with Crippen LogP contribution in [0, 0.1) is 0 Å². The fourth-order valence-corrected chi connectivity index (χ4v) is 2.10. The summed E-state index contributed by atoms with van der Waals surface area (Å²) in [6.07, 6.45) is 2.15. The number of nitrogens with zero attached hydrogens (tertiary/aromatic N) is 1. The highest BCUT2D eigenvalue weighted by atomic mass is 16.5. The Balaban J connectivity index is 2.09. The zero-order chi connectivity index (χ0) is 12.8. The van der Waals surface area contributed by atoms with Gasteiger partial charge in [0.2, 0.25) is 5.91 Å². The molecule has 1 aromatic carbocycles. The van der Waals surface area contributed by atoms with Crippen molar-refractivity contribution in [3.8, 4) is 5.75 Å². The second-order valence-electron chi connectivity index (χ2n) is 4.36. The van der Waals surface area contributed by atoms with Gasteiger partial charge in [0.1, 0.15) is 5.75 Å². The number of benzene rings is 1. The summed E-state index contributed by atoms with van der Waals surface area (Å²) in [4.78, 5) is 13.9. The minimum Gasteiger partial charge on any atom is -0.494 e. The van der Waals surface area contributed by atoms with Gasteiger partial charge in [0.15, 0.2) is 0 Å². The normalized spacial score (nSPS) is 17.2. The maximum absolute atomic E-state index is 12.0. The molecule has 4 heteroatoms. The van der Waals surface area contributed by atoms with Crippen molar-refractivity contribution in [2.45, 2.75) is 19.8 Å². The van der Waals surface area contributed by atoms with Gasteiger partial charge in [0, 0.05) is 12.2 Å². The molecule has 1 heterocycles. The van der Waals surface area contributed by atoms with E-state index in [0.717, 1.165) is 37.4 Å². The first kappa shape index (κ1) is 12.9. The fraction of sp³-hybridized carbons (Fsp3) is 0.500. The first-order valence-electron chi connectivity index (χ1n) is 6.55. The second kappa shape index (κ2) is 6.40. The molecule has 0 saturated carbocycles. The second-order valence-corrected chi connectivity index (χ2v) is 4.36. The van der Waals surface area contributed by atoms with Crippen molar-refractivity contribution in [3.05, 3.63) is 24.3 Å². The summed E-state index contributed by atoms with van der Waals surface area (Å²) >= 11 is 0. The monoisotopic (exact) mass is 248 g/mol. The van der Waals surface area contributed by atoms with Crippen molar-refractivity contribution in [1.82, 2.24) is 5.32 Å². The quantitative estimate of drug-likeness (QED) is 0.887. The molecule has 1 aliphatic rings. The number of anilines is 1. The standard InChI is InChI=1S/C14H20N2O2/c1-2-18-13-7-5-12(6-8-13)16-10-4-3-9-15-11-14(16)17/h5-8,15H,2-4,9-11H2,1H3. The first-order chi connectivity index (χ1) is 8.81. The van der Waals surface area contributed by atoms with E-state index in [1.807, 2.05) is 36.1 Å². The third-order valence-electron chi connectivity index (χ3n) is 3.02. The number of amides is 1. The van der Waals surface area contributed by atoms with Crippen molar-refractivity contribution in [3.63, 3.8) is 0 Å². The number of ether oxygens (including phenoxy) is 1. The molecule has 0 atom stereocenters. The van der Waals surface area contributed by atoms with Gasteiger partial charge in [-0.15, -0.1) is 0 Å². The molecule has 98 valence electrons. The van der Waals surface area contributed by atoms with E-state index in [-0.39, 0.29) is 5.91 Å². The van der Waals surface area contributed by atoms with Crippen LogP contribution in [0.2, 0.25) is 0 Å². The molecule has 0 aromatic heterocycles. The summed E-state index contributed by atoms with van der Waals surface area (Å²) in [7, 11) is 0. The highest BCUT2D eigenvalue weighted by Gasteiger charge is 2.16. The molecule has 1 aliphatic heterocycles. The molecule has 0 aliphatic carbocycles. The van der Waals surface area contributed by atoms with Crippen LogP contribution in [0.4, 0.5) is 5.69 Å². The number of nitrogens with one attached hydrogen (secondary N) is 1. The van der Waals surface area contributed by atoms with Crippen LogP contribution >= 0.6 is 0 Å². The van der Waals surface area contributed by atoms with Gasteiger partial charge in [0.05, 0.1) is 13.2 Å². The molecule has 1 amide bonds. The lowest BCUT2D eigenvalue weighted by Gasteiger charge is -2.25. The van der Waals surface area contributed by atoms with Gasteiger partial charge < -0.3 is 15.0 Å². The lowest BCUT2D eigenvalue weighted by atomic mass is 10.2. The minimum atomic E-state index is 0.138. The molecule has 1 N–H and O–H groups in total. The minimum absolute atomic E-state index is 0.138. The average molecular weight is 248 g/mol. The van der Waals surface area contributed by atoms with Gasteiger partial charge in [0.25, 0.3) is 0 Å². The van der Waals surface area contributed by atoms with Crippen LogP contribution < -0.4 is 15.0 Å². The summed E-state index contributed by atoms with van der Waals surface area (Å²) < 4.78 is 5.40. The molecular weight excluding hydrogens is 228 g/mol. The Bertz CT molecular complexity index is 389. The SMILES string of the molecule is CCOc1ccc(N2CCCCNCC2=O)cc1. The lowest BCUT2D eigenvalue weighted by molar-refractivity contribution is -0.118. The summed E-state index contributed by atoms with van der Waals surface area (Å²) in [5.74, 6) is 0.984. The van der Waals surface area contributed by atoms with Gasteiger partial charge in [-0.2, -0.15) is 0 Å². The molecule has 0 spiro atoms. The van der Waals surface area contributed by atoms with Crippen LogP contribution in [0.25, 0.3) is 0 Å². The van der Waals surface area contributed by atoms with Gasteiger partial charge in [-0.1, -0.05) is 0 Å². The lowest BCUT2D eigenvalue weighted by Crippen LogP contribution is -2.41. The summed E-state index contributed by atoms with van der Waals surface area (Å²) in [5.41, 5.74) is 0.951. The van der Waals surface area contributed by atoms with Crippen LogP contribution in [0.1, 0.15) is 19.8 Å². The predicted octanol–water partition coefficient (Wildman–Crippen LogP) is 1.80. The van der Waals surface area contributed by atoms with E-state index in [0.29, 0.717) is 13.2 Å². The van der Waals surface area contributed by atoms with Crippen molar-refractivity contribution in [2.75, 3.05) is 31.1 Å². The van der Waals surface area contributed by atoms with Gasteiger partial charge in [-0.3, -0.25) is 4.79 Å². The molecule has 0 unspecified atom stereocenters. The molecule has 0 bridgehead atoms. The Hall–Kier alpha value is -1.55. The van der Waals surface area contributed by atoms with Crippen LogP contribution in [-0.4, -0.2) is 32.1 Å². The number of carbonyl (C=O) groups is 1. The number of carbonyl (C=O) groups excluding carboxylic acids is 1. The molecule has 1 fully saturated rings. The maximum Gasteiger partial charge on any atom is 0.240 e. The molecule has 1 aromatic rings. The Kier molecular flexibility index (Phi) is 4.59. The molecule has 18 heavy (non-hydrogen) atoms. The third-order valence-corrected chi connectivity index (χ3v) is 3.02. The van der Waals surface area contributed by atoms with Crippen LogP contribution in [0.5, 0.6) is 5.75 Å². The Morgan fingerprint density at radius 2 is 2.06 bits per heavy atom. The van der Waals surface area contributed by atoms with Crippen LogP contribution in [0.3, 0.4) is 0 Å². The van der Waals surface area contributed by atoms with Crippen molar-refractivity contribution in [1.29, 1.82) is 0 Å². The largest absolute Gasteiger partial charge is 0.494 e. The van der Waals surface area contributed by atoms with Gasteiger partial charge in [-0.25, -0.2) is 0 Å². The maximum atomic E-state index is 12.0. The highest BCUT2D eigenvalue weighted by Crippen LogP contribution is 2.20. The summed E-state index contributed by atoms with van der Waals surface area (Å²) in [6.45, 7) is 4.78. The van der Waals surface area contributed by atoms with E-state index in [4.69, 9.17) is 4.74 Å². The zero-order valence-corrected chi connectivity index (χ0v) is 10.8. The van der Waals surface area contributed by atoms with Crippen LogP contribution in [0.15, 0.2) is 24.3 Å². The number of hydrogen-bond donors (Lipinski definition) is 1. The summed E-state index contributed by atoms with van der Waals surface area (Å²) in [6, 6.07) is 7.73. The molecular formula is C14H20N2O2. The smallest absolute Gasteiger partial charge is 0.240 e. The van der Waals surface area contributed by atoms with E-state index in [2.05, 4.69) is 5.32 Å². The van der Waals surface area contributed by atoms with E-state index < -0.39 is 0 Å². The van der Waals surface area contributed by atoms with E-state index in [1.165, 1.54) is 0 Å². The Morgan fingerprint density at radius 1 is 1.28 bits per heavy atom. The van der Waals surface area contributed by atoms with Crippen molar-refractivity contribution in [2.24, 2.45) is 0 Å². The van der Waals surface area contributed by atoms with E-state index in [9.17, 15) is 4.79 Å². The van der Waals surface area contributed by atoms with Crippen LogP contribution in [-0.2, 0) is 4.79 Å². The van der Waals surface area contributed by atoms with Gasteiger partial charge in [-0.05, 0) is 50.6 Å². The Morgan fingerprint density at radius 3 is 2.78 bits per heavy atom. The highest BCUT2D eigenvalue weighted by molar-refractivity contribution is 5.94. The third kappa shape index (κ3) is 3.23. The van der Waals surface area contributed by atoms with E-state index >= 15 is 0 Å². The first-order valence-corrected chi connectivity index (χ1v) is 6.55. The number of hydrogen-bond acceptors (Lipinski definition) is 3. The average Bonchev–Trinajstić information content (AvgIpc) is 2.36. The van der Waals surface area contributed by atoms with Gasteiger partial charge >= 0.3 is 0 Å². The Labute approximate surface area is 108 Å². The topological polar surface area (TPSA) is 41.6 Å². The fourth-order valence-electron chi connectivity index (χ4n) is 2.10. The number of rotatable bonds is 3. The molecule has 0 radical (unpaired) electrons.